The zero-order chi connectivity index (χ0) is 30.0. The van der Waals surface area contributed by atoms with Crippen molar-refractivity contribution >= 4 is 11.6 Å². The lowest BCUT2D eigenvalue weighted by Crippen LogP contribution is -2.26. The molecule has 0 radical (unpaired) electrons. The molecule has 0 fully saturated rings. The standard InChI is InChI=1S/C32H27N3O8/c36-16-15-33-32(37)27-19-30(43-34-27)31-28(41-21-23-9-5-2-6-10-23)17-26(40-20-22-7-3-1-4-8-22)18-29(31)42-25-13-11-24(12-14-25)35(38)39/h1-14,17-19,36H,15-16,20-21H2,(H,33,37). The molecule has 218 valence electrons. The topological polar surface area (TPSA) is 146 Å². The first kappa shape index (κ1) is 28.8. The summed E-state index contributed by atoms with van der Waals surface area (Å²) >= 11 is 0. The summed E-state index contributed by atoms with van der Waals surface area (Å²) in [7, 11) is 0. The van der Waals surface area contributed by atoms with Crippen LogP contribution >= 0.6 is 0 Å². The third-order valence-corrected chi connectivity index (χ3v) is 6.19. The van der Waals surface area contributed by atoms with E-state index in [1.165, 1.54) is 30.3 Å². The van der Waals surface area contributed by atoms with Crippen LogP contribution in [0.2, 0.25) is 0 Å². The Kier molecular flexibility index (Phi) is 9.25. The van der Waals surface area contributed by atoms with E-state index in [0.717, 1.165) is 11.1 Å². The number of carbonyl (C=O) groups excluding carboxylic acids is 1. The molecule has 5 rings (SSSR count). The predicted octanol–water partition coefficient (Wildman–Crippen LogP) is 5.92. The highest BCUT2D eigenvalue weighted by molar-refractivity contribution is 5.93. The maximum atomic E-state index is 12.5. The van der Waals surface area contributed by atoms with Gasteiger partial charge < -0.3 is 29.2 Å². The molecule has 1 aromatic heterocycles. The summed E-state index contributed by atoms with van der Waals surface area (Å²) in [6.07, 6.45) is 0. The van der Waals surface area contributed by atoms with Crippen LogP contribution in [0.1, 0.15) is 21.6 Å². The second-order valence-electron chi connectivity index (χ2n) is 9.25. The number of rotatable bonds is 13. The number of carbonyl (C=O) groups is 1. The normalized spacial score (nSPS) is 10.6. The van der Waals surface area contributed by atoms with Crippen molar-refractivity contribution in [3.8, 4) is 34.3 Å². The smallest absolute Gasteiger partial charge is 0.273 e. The third-order valence-electron chi connectivity index (χ3n) is 6.19. The lowest BCUT2D eigenvalue weighted by molar-refractivity contribution is -0.384. The first-order chi connectivity index (χ1) is 21.0. The highest BCUT2D eigenvalue weighted by Crippen LogP contribution is 2.44. The maximum Gasteiger partial charge on any atom is 0.273 e. The van der Waals surface area contributed by atoms with Gasteiger partial charge in [0.1, 0.15) is 41.8 Å². The number of nitrogens with zero attached hydrogens (tertiary/aromatic N) is 2. The van der Waals surface area contributed by atoms with Crippen LogP contribution < -0.4 is 19.5 Å². The van der Waals surface area contributed by atoms with E-state index < -0.39 is 10.8 Å². The molecule has 0 aliphatic heterocycles. The second kappa shape index (κ2) is 13.8. The Balaban J connectivity index is 1.56. The van der Waals surface area contributed by atoms with Gasteiger partial charge in [0.2, 0.25) is 0 Å². The van der Waals surface area contributed by atoms with E-state index in [9.17, 15) is 14.9 Å². The van der Waals surface area contributed by atoms with Crippen LogP contribution in [0.25, 0.3) is 11.3 Å². The summed E-state index contributed by atoms with van der Waals surface area (Å²) in [5, 5.41) is 26.7. The fourth-order valence-electron chi connectivity index (χ4n) is 4.09. The van der Waals surface area contributed by atoms with Crippen molar-refractivity contribution in [3.05, 3.63) is 130 Å². The van der Waals surface area contributed by atoms with Gasteiger partial charge >= 0.3 is 0 Å². The van der Waals surface area contributed by atoms with Gasteiger partial charge in [0, 0.05) is 36.9 Å². The average molecular weight is 582 g/mol. The molecule has 4 aromatic carbocycles. The van der Waals surface area contributed by atoms with Gasteiger partial charge in [0.25, 0.3) is 11.6 Å². The fourth-order valence-corrected chi connectivity index (χ4v) is 4.09. The predicted molar refractivity (Wildman–Crippen MR) is 156 cm³/mol. The average Bonchev–Trinajstić information content (AvgIpc) is 3.53. The van der Waals surface area contributed by atoms with Crippen LogP contribution in [-0.4, -0.2) is 34.2 Å². The highest BCUT2D eigenvalue weighted by Gasteiger charge is 2.23. The molecule has 0 unspecified atom stereocenters. The molecule has 5 aromatic rings. The Hall–Kier alpha value is -5.68. The SMILES string of the molecule is O=C(NCCO)c1cc(-c2c(OCc3ccccc3)cc(OCc3ccccc3)cc2Oc2ccc([N+](=O)[O-])cc2)on1. The first-order valence-electron chi connectivity index (χ1n) is 13.3. The lowest BCUT2D eigenvalue weighted by Gasteiger charge is -2.17. The fraction of sp³-hybridized carbons (Fsp3) is 0.125. The van der Waals surface area contributed by atoms with E-state index in [-0.39, 0.29) is 49.3 Å². The Morgan fingerprint density at radius 3 is 2.09 bits per heavy atom. The summed E-state index contributed by atoms with van der Waals surface area (Å²) in [5.41, 5.74) is 2.10. The summed E-state index contributed by atoms with van der Waals surface area (Å²) in [6.45, 7) is 0.289. The molecule has 11 nitrogen and oxygen atoms in total. The molecule has 0 bridgehead atoms. The van der Waals surface area contributed by atoms with Crippen molar-refractivity contribution in [2.45, 2.75) is 13.2 Å². The zero-order valence-corrected chi connectivity index (χ0v) is 22.8. The molecule has 1 amide bonds. The van der Waals surface area contributed by atoms with Gasteiger partial charge in [-0.25, -0.2) is 0 Å². The van der Waals surface area contributed by atoms with Gasteiger partial charge in [0.05, 0.1) is 11.5 Å². The largest absolute Gasteiger partial charge is 0.489 e. The number of aliphatic hydroxyl groups excluding tert-OH is 1. The molecule has 0 saturated heterocycles. The number of nitro benzene ring substituents is 1. The van der Waals surface area contributed by atoms with Gasteiger partial charge in [0.15, 0.2) is 11.5 Å². The minimum Gasteiger partial charge on any atom is -0.489 e. The van der Waals surface area contributed by atoms with Crippen molar-refractivity contribution in [1.82, 2.24) is 10.5 Å². The molecule has 43 heavy (non-hydrogen) atoms. The maximum absolute atomic E-state index is 12.5. The molecular weight excluding hydrogens is 554 g/mol. The summed E-state index contributed by atoms with van der Waals surface area (Å²) in [5.74, 6) is 0.931. The van der Waals surface area contributed by atoms with Crippen molar-refractivity contribution in [3.63, 3.8) is 0 Å². The number of nitro groups is 1. The minimum absolute atomic E-state index is 0.0110. The van der Waals surface area contributed by atoms with Gasteiger partial charge in [-0.05, 0) is 23.3 Å². The first-order valence-corrected chi connectivity index (χ1v) is 13.3. The molecule has 0 spiro atoms. The number of hydrogen-bond donors (Lipinski definition) is 2. The number of aromatic nitrogens is 1. The molecule has 0 aliphatic rings. The van der Waals surface area contributed by atoms with Gasteiger partial charge in [-0.3, -0.25) is 14.9 Å². The van der Waals surface area contributed by atoms with E-state index in [1.807, 2.05) is 60.7 Å². The van der Waals surface area contributed by atoms with Gasteiger partial charge in [-0.15, -0.1) is 0 Å². The van der Waals surface area contributed by atoms with Crippen LogP contribution in [0.15, 0.2) is 108 Å². The van der Waals surface area contributed by atoms with Crippen molar-refractivity contribution in [2.24, 2.45) is 0 Å². The summed E-state index contributed by atoms with van der Waals surface area (Å²) in [4.78, 5) is 23.2. The Morgan fingerprint density at radius 1 is 0.837 bits per heavy atom. The zero-order valence-electron chi connectivity index (χ0n) is 22.8. The van der Waals surface area contributed by atoms with Crippen LogP contribution in [0.3, 0.4) is 0 Å². The molecule has 0 atom stereocenters. The molecule has 11 heteroatoms. The minimum atomic E-state index is -0.531. The monoisotopic (exact) mass is 581 g/mol. The number of ether oxygens (including phenoxy) is 3. The highest BCUT2D eigenvalue weighted by atomic mass is 16.6. The number of hydrogen-bond acceptors (Lipinski definition) is 9. The quantitative estimate of drug-likeness (QED) is 0.128. The Labute approximate surface area is 246 Å². The Bertz CT molecular complexity index is 1670. The van der Waals surface area contributed by atoms with E-state index >= 15 is 0 Å². The summed E-state index contributed by atoms with van der Waals surface area (Å²) in [6, 6.07) is 29.5. The van der Waals surface area contributed by atoms with E-state index in [4.69, 9.17) is 23.8 Å². The molecule has 0 aliphatic carbocycles. The molecule has 2 N–H and O–H groups in total. The number of amides is 1. The van der Waals surface area contributed by atoms with Gasteiger partial charge in [-0.2, -0.15) is 0 Å². The molecule has 1 heterocycles. The molecular formula is C32H27N3O8. The second-order valence-corrected chi connectivity index (χ2v) is 9.25. The summed E-state index contributed by atoms with van der Waals surface area (Å²) < 4.78 is 24.2. The van der Waals surface area contributed by atoms with Gasteiger partial charge in [-0.1, -0.05) is 65.8 Å². The number of benzene rings is 4. The Morgan fingerprint density at radius 2 is 1.47 bits per heavy atom. The van der Waals surface area contributed by atoms with E-state index in [2.05, 4.69) is 10.5 Å². The number of non-ortho nitro benzene ring substituents is 1. The van der Waals surface area contributed by atoms with Crippen molar-refractivity contribution in [2.75, 3.05) is 13.2 Å². The van der Waals surface area contributed by atoms with Crippen LogP contribution in [-0.2, 0) is 13.2 Å². The van der Waals surface area contributed by atoms with Crippen molar-refractivity contribution in [1.29, 1.82) is 0 Å². The van der Waals surface area contributed by atoms with E-state index in [0.29, 0.717) is 22.8 Å². The number of aliphatic hydroxyl groups is 1. The van der Waals surface area contributed by atoms with Crippen LogP contribution in [0.5, 0.6) is 23.0 Å². The van der Waals surface area contributed by atoms with Crippen molar-refractivity contribution < 1.29 is 33.6 Å². The third kappa shape index (κ3) is 7.54. The number of nitrogens with one attached hydrogen (secondary N) is 1. The molecule has 0 saturated carbocycles. The van der Waals surface area contributed by atoms with Crippen LogP contribution in [0.4, 0.5) is 5.69 Å². The van der Waals surface area contributed by atoms with E-state index in [1.54, 1.807) is 12.1 Å². The lowest BCUT2D eigenvalue weighted by atomic mass is 10.1. The van der Waals surface area contributed by atoms with Crippen LogP contribution in [0, 0.1) is 10.1 Å².